The molecule has 0 unspecified atom stereocenters. The Morgan fingerprint density at radius 3 is 2.67 bits per heavy atom. The van der Waals surface area contributed by atoms with E-state index >= 15 is 0 Å². The summed E-state index contributed by atoms with van der Waals surface area (Å²) in [5, 5.41) is 4.17. The van der Waals surface area contributed by atoms with Gasteiger partial charge < -0.3 is 9.88 Å². The normalized spacial score (nSPS) is 11.1. The molecule has 36 heavy (non-hydrogen) atoms. The molecule has 0 spiro atoms. The number of para-hydroxylation sites is 1. The van der Waals surface area contributed by atoms with Crippen LogP contribution < -0.4 is 5.32 Å². The van der Waals surface area contributed by atoms with Crippen LogP contribution in [0.2, 0.25) is 5.02 Å². The summed E-state index contributed by atoms with van der Waals surface area (Å²) in [6.07, 6.45) is 3.51. The van der Waals surface area contributed by atoms with Crippen molar-refractivity contribution >= 4 is 46.0 Å². The monoisotopic (exact) mass is 516 g/mol. The number of carbonyl (C=O) groups excluding carboxylic acids is 1. The second-order valence-corrected chi connectivity index (χ2v) is 9.68. The summed E-state index contributed by atoms with van der Waals surface area (Å²) in [6.45, 7) is 2.52. The lowest BCUT2D eigenvalue weighted by molar-refractivity contribution is 0.102. The number of hydrogen-bond donors (Lipinski definition) is 1. The molecule has 180 valence electrons. The van der Waals surface area contributed by atoms with Gasteiger partial charge in [0.2, 0.25) is 0 Å². The molecule has 0 radical (unpaired) electrons. The summed E-state index contributed by atoms with van der Waals surface area (Å²) in [5.41, 5.74) is 6.00. The van der Waals surface area contributed by atoms with E-state index in [4.69, 9.17) is 16.6 Å². The number of rotatable bonds is 7. The van der Waals surface area contributed by atoms with Gasteiger partial charge in [0.05, 0.1) is 23.8 Å². The molecular formula is C28H22ClFN4OS. The van der Waals surface area contributed by atoms with Gasteiger partial charge in [-0.1, -0.05) is 59.8 Å². The Morgan fingerprint density at radius 2 is 1.89 bits per heavy atom. The zero-order valence-corrected chi connectivity index (χ0v) is 21.0. The summed E-state index contributed by atoms with van der Waals surface area (Å²) in [7, 11) is 0. The van der Waals surface area contributed by atoms with E-state index in [0.717, 1.165) is 38.6 Å². The van der Waals surface area contributed by atoms with Gasteiger partial charge >= 0.3 is 0 Å². The van der Waals surface area contributed by atoms with Crippen LogP contribution in [0.15, 0.2) is 90.3 Å². The minimum absolute atomic E-state index is 0.152. The second-order valence-electron chi connectivity index (χ2n) is 8.34. The Hall–Kier alpha value is -3.68. The number of nitrogens with zero attached hydrogens (tertiary/aromatic N) is 3. The number of thioether (sulfide) groups is 1. The average Bonchev–Trinajstić information content (AvgIpc) is 3.22. The molecule has 0 bridgehead atoms. The molecule has 0 aliphatic carbocycles. The molecule has 2 aromatic heterocycles. The molecule has 5 rings (SSSR count). The zero-order chi connectivity index (χ0) is 25.1. The maximum Gasteiger partial charge on any atom is 0.255 e. The molecule has 0 fully saturated rings. The van der Waals surface area contributed by atoms with Gasteiger partial charge in [0.25, 0.3) is 5.91 Å². The van der Waals surface area contributed by atoms with Crippen molar-refractivity contribution in [2.45, 2.75) is 24.4 Å². The van der Waals surface area contributed by atoms with Gasteiger partial charge in [-0.25, -0.2) is 9.37 Å². The molecular weight excluding hydrogens is 495 g/mol. The van der Waals surface area contributed by atoms with Crippen LogP contribution in [0.4, 0.5) is 10.1 Å². The Labute approximate surface area is 217 Å². The van der Waals surface area contributed by atoms with E-state index in [1.54, 1.807) is 18.5 Å². The number of hydrogen-bond acceptors (Lipinski definition) is 4. The number of fused-ring (bicyclic) bond motifs is 1. The Balaban J connectivity index is 1.36. The van der Waals surface area contributed by atoms with E-state index < -0.39 is 0 Å². The van der Waals surface area contributed by atoms with E-state index in [1.807, 2.05) is 61.5 Å². The molecule has 0 saturated carbocycles. The summed E-state index contributed by atoms with van der Waals surface area (Å²) in [5.74, 6) is 0.0390. The number of anilines is 1. The SMILES string of the molecule is Cc1ccccc1NC(=O)c1ccc(Cn2c(SCc3ccc(F)cc3Cl)nc3ccncc32)cc1. The molecule has 5 aromatic rings. The number of amides is 1. The van der Waals surface area contributed by atoms with Crippen LogP contribution in [0.1, 0.15) is 27.0 Å². The fraction of sp³-hybridized carbons (Fsp3) is 0.107. The van der Waals surface area contributed by atoms with Gasteiger partial charge in [0, 0.05) is 28.2 Å². The second kappa shape index (κ2) is 10.5. The van der Waals surface area contributed by atoms with Crippen LogP contribution in [-0.2, 0) is 12.3 Å². The maximum absolute atomic E-state index is 13.4. The highest BCUT2D eigenvalue weighted by Gasteiger charge is 2.14. The van der Waals surface area contributed by atoms with Crippen LogP contribution >= 0.6 is 23.4 Å². The minimum atomic E-state index is -0.358. The van der Waals surface area contributed by atoms with Crippen LogP contribution in [0.3, 0.4) is 0 Å². The fourth-order valence-electron chi connectivity index (χ4n) is 3.84. The van der Waals surface area contributed by atoms with Gasteiger partial charge in [-0.15, -0.1) is 0 Å². The van der Waals surface area contributed by atoms with E-state index in [1.165, 1.54) is 23.9 Å². The number of benzene rings is 3. The molecule has 1 N–H and O–H groups in total. The van der Waals surface area contributed by atoms with Crippen molar-refractivity contribution in [3.05, 3.63) is 118 Å². The fourth-order valence-corrected chi connectivity index (χ4v) is 5.17. The number of nitrogens with one attached hydrogen (secondary N) is 1. The van der Waals surface area contributed by atoms with Crippen LogP contribution in [0.5, 0.6) is 0 Å². The van der Waals surface area contributed by atoms with Crippen molar-refractivity contribution in [1.29, 1.82) is 0 Å². The number of pyridine rings is 1. The number of carbonyl (C=O) groups is 1. The van der Waals surface area contributed by atoms with Crippen LogP contribution in [0, 0.1) is 12.7 Å². The standard InChI is InChI=1S/C28H22ClFN4OS/c1-18-4-2-3-5-24(18)32-27(35)20-8-6-19(7-9-20)16-34-26-15-31-13-12-25(26)33-28(34)36-17-21-10-11-22(30)14-23(21)29/h2-15H,16-17H2,1H3,(H,32,35). The summed E-state index contributed by atoms with van der Waals surface area (Å²) in [6, 6.07) is 21.5. The van der Waals surface area contributed by atoms with Gasteiger partial charge in [-0.05, 0) is 60.0 Å². The maximum atomic E-state index is 13.4. The van der Waals surface area contributed by atoms with Crippen molar-refractivity contribution in [3.8, 4) is 0 Å². The lowest BCUT2D eigenvalue weighted by atomic mass is 10.1. The van der Waals surface area contributed by atoms with Crippen LogP contribution in [0.25, 0.3) is 11.0 Å². The first kappa shape index (κ1) is 24.0. The third-order valence-electron chi connectivity index (χ3n) is 5.84. The van der Waals surface area contributed by atoms with Gasteiger partial charge in [-0.2, -0.15) is 0 Å². The number of aromatic nitrogens is 3. The predicted octanol–water partition coefficient (Wildman–Crippen LogP) is 7.13. The first-order valence-electron chi connectivity index (χ1n) is 11.3. The average molecular weight is 517 g/mol. The Kier molecular flexibility index (Phi) is 7.02. The van der Waals surface area contributed by atoms with Crippen molar-refractivity contribution in [1.82, 2.24) is 14.5 Å². The van der Waals surface area contributed by atoms with Gasteiger partial charge in [-0.3, -0.25) is 9.78 Å². The Bertz CT molecular complexity index is 1550. The minimum Gasteiger partial charge on any atom is -0.322 e. The summed E-state index contributed by atoms with van der Waals surface area (Å²) < 4.78 is 15.5. The smallest absolute Gasteiger partial charge is 0.255 e. The van der Waals surface area contributed by atoms with Crippen molar-refractivity contribution < 1.29 is 9.18 Å². The molecule has 2 heterocycles. The lowest BCUT2D eigenvalue weighted by Crippen LogP contribution is -2.12. The third kappa shape index (κ3) is 5.27. The summed E-state index contributed by atoms with van der Waals surface area (Å²) in [4.78, 5) is 21.8. The molecule has 1 amide bonds. The molecule has 0 saturated heterocycles. The highest BCUT2D eigenvalue weighted by Crippen LogP contribution is 2.30. The van der Waals surface area contributed by atoms with Gasteiger partial charge in [0.15, 0.2) is 5.16 Å². The Morgan fingerprint density at radius 1 is 1.08 bits per heavy atom. The van der Waals surface area contributed by atoms with Crippen molar-refractivity contribution in [3.63, 3.8) is 0 Å². The van der Waals surface area contributed by atoms with E-state index in [9.17, 15) is 9.18 Å². The first-order valence-corrected chi connectivity index (χ1v) is 12.7. The lowest BCUT2D eigenvalue weighted by Gasteiger charge is -2.11. The highest BCUT2D eigenvalue weighted by atomic mass is 35.5. The first-order chi connectivity index (χ1) is 17.5. The number of imidazole rings is 1. The van der Waals surface area contributed by atoms with Crippen molar-refractivity contribution in [2.24, 2.45) is 0 Å². The number of halogens is 2. The van der Waals surface area contributed by atoms with Crippen molar-refractivity contribution in [2.75, 3.05) is 5.32 Å². The highest BCUT2D eigenvalue weighted by molar-refractivity contribution is 7.98. The molecule has 5 nitrogen and oxygen atoms in total. The van der Waals surface area contributed by atoms with Crippen LogP contribution in [-0.4, -0.2) is 20.4 Å². The topological polar surface area (TPSA) is 59.8 Å². The molecule has 0 atom stereocenters. The third-order valence-corrected chi connectivity index (χ3v) is 7.21. The van der Waals surface area contributed by atoms with E-state index in [0.29, 0.717) is 22.9 Å². The molecule has 3 aromatic carbocycles. The van der Waals surface area contributed by atoms with E-state index in [2.05, 4.69) is 14.9 Å². The zero-order valence-electron chi connectivity index (χ0n) is 19.4. The van der Waals surface area contributed by atoms with E-state index in [-0.39, 0.29) is 11.7 Å². The largest absolute Gasteiger partial charge is 0.322 e. The summed E-state index contributed by atoms with van der Waals surface area (Å²) >= 11 is 7.75. The van der Waals surface area contributed by atoms with Gasteiger partial charge in [0.1, 0.15) is 5.82 Å². The molecule has 8 heteroatoms. The quantitative estimate of drug-likeness (QED) is 0.234. The number of aryl methyl sites for hydroxylation is 1. The predicted molar refractivity (Wildman–Crippen MR) is 143 cm³/mol. The molecule has 0 aliphatic rings. The molecule has 0 aliphatic heterocycles.